The number of hydrogen-bond acceptors (Lipinski definition) is 10. The van der Waals surface area contributed by atoms with Crippen molar-refractivity contribution in [2.24, 2.45) is 5.92 Å². The van der Waals surface area contributed by atoms with E-state index in [1.165, 1.54) is 14.2 Å². The first-order valence-electron chi connectivity index (χ1n) is 8.74. The lowest BCUT2D eigenvalue weighted by atomic mass is 9.70. The van der Waals surface area contributed by atoms with Gasteiger partial charge in [-0.25, -0.2) is 4.79 Å². The summed E-state index contributed by atoms with van der Waals surface area (Å²) in [6.07, 6.45) is -5.13. The van der Waals surface area contributed by atoms with E-state index >= 15 is 0 Å². The van der Waals surface area contributed by atoms with E-state index in [1.54, 1.807) is 13.8 Å². The fraction of sp³-hybridized carbons (Fsp3) is 0.941. The monoisotopic (exact) mass is 394 g/mol. The van der Waals surface area contributed by atoms with E-state index in [2.05, 4.69) is 0 Å². The second kappa shape index (κ2) is 7.88. The fourth-order valence-electron chi connectivity index (χ4n) is 3.88. The summed E-state index contributed by atoms with van der Waals surface area (Å²) in [5.41, 5.74) is -1.96. The minimum atomic E-state index is -1.96. The number of methoxy groups -OCH3 is 3. The Kier molecular flexibility index (Phi) is 6.55. The van der Waals surface area contributed by atoms with Gasteiger partial charge in [0.2, 0.25) is 11.6 Å². The van der Waals surface area contributed by atoms with E-state index in [9.17, 15) is 25.2 Å². The van der Waals surface area contributed by atoms with Crippen LogP contribution in [0.4, 0.5) is 0 Å². The van der Waals surface area contributed by atoms with Crippen molar-refractivity contribution in [1.82, 2.24) is 0 Å². The summed E-state index contributed by atoms with van der Waals surface area (Å²) in [5.74, 6) is -4.58. The minimum Gasteiger partial charge on any atom is -0.467 e. The predicted octanol–water partition coefficient (Wildman–Crippen LogP) is -1.48. The van der Waals surface area contributed by atoms with Crippen molar-refractivity contribution in [3.8, 4) is 0 Å². The van der Waals surface area contributed by atoms with Crippen LogP contribution in [-0.2, 0) is 28.5 Å². The van der Waals surface area contributed by atoms with Gasteiger partial charge in [-0.15, -0.1) is 0 Å². The molecule has 0 aromatic carbocycles. The molecule has 10 nitrogen and oxygen atoms in total. The van der Waals surface area contributed by atoms with Gasteiger partial charge < -0.3 is 44.1 Å². The Balaban J connectivity index is 2.45. The van der Waals surface area contributed by atoms with Gasteiger partial charge in [-0.05, 0) is 20.3 Å². The molecule has 1 heterocycles. The van der Waals surface area contributed by atoms with E-state index in [0.29, 0.717) is 0 Å². The molecule has 0 radical (unpaired) electrons. The van der Waals surface area contributed by atoms with Gasteiger partial charge in [0.15, 0.2) is 5.60 Å². The Bertz CT molecular complexity index is 544. The Hall–Kier alpha value is -0.850. The highest BCUT2D eigenvalue weighted by Gasteiger charge is 2.63. The van der Waals surface area contributed by atoms with E-state index in [4.69, 9.17) is 23.7 Å². The SMILES string of the molecule is COC(=O)[C@@]1(O)C[C@H]2O[C@](C)(OC)[C@@](C)(OC)O[C@@H]2[C@H](C(O)C(O)CO)C1. The molecule has 0 amide bonds. The zero-order valence-corrected chi connectivity index (χ0v) is 16.2. The maximum absolute atomic E-state index is 12.2. The Labute approximate surface area is 157 Å². The lowest BCUT2D eigenvalue weighted by molar-refractivity contribution is -0.461. The fourth-order valence-corrected chi connectivity index (χ4v) is 3.88. The number of aliphatic hydroxyl groups is 4. The highest BCUT2D eigenvalue weighted by Crippen LogP contribution is 2.48. The van der Waals surface area contributed by atoms with Gasteiger partial charge in [-0.1, -0.05) is 0 Å². The van der Waals surface area contributed by atoms with Gasteiger partial charge in [0.25, 0.3) is 0 Å². The molecule has 0 bridgehead atoms. The van der Waals surface area contributed by atoms with Gasteiger partial charge in [0, 0.05) is 26.6 Å². The normalized spacial score (nSPS) is 44.3. The van der Waals surface area contributed by atoms with Crippen LogP contribution >= 0.6 is 0 Å². The molecular weight excluding hydrogens is 364 g/mol. The molecule has 1 saturated heterocycles. The number of hydrogen-bond donors (Lipinski definition) is 4. The third-order valence-corrected chi connectivity index (χ3v) is 5.83. The van der Waals surface area contributed by atoms with E-state index in [1.807, 2.05) is 0 Å². The van der Waals surface area contributed by atoms with Crippen molar-refractivity contribution in [3.05, 3.63) is 0 Å². The van der Waals surface area contributed by atoms with Gasteiger partial charge in [0.05, 0.1) is 32.0 Å². The molecule has 2 rings (SSSR count). The number of rotatable bonds is 6. The summed E-state index contributed by atoms with van der Waals surface area (Å²) in [7, 11) is 3.95. The van der Waals surface area contributed by atoms with Crippen LogP contribution in [0.1, 0.15) is 26.7 Å². The first kappa shape index (κ1) is 22.4. The van der Waals surface area contributed by atoms with Crippen LogP contribution in [0, 0.1) is 5.92 Å². The van der Waals surface area contributed by atoms with Crippen LogP contribution < -0.4 is 0 Å². The van der Waals surface area contributed by atoms with Gasteiger partial charge >= 0.3 is 5.97 Å². The molecular formula is C17H30O10. The highest BCUT2D eigenvalue weighted by atomic mass is 16.8. The summed E-state index contributed by atoms with van der Waals surface area (Å²) in [6, 6.07) is 0. The second-order valence-corrected chi connectivity index (χ2v) is 7.37. The van der Waals surface area contributed by atoms with Gasteiger partial charge in [-0.2, -0.15) is 0 Å². The molecule has 1 aliphatic heterocycles. The molecule has 2 fully saturated rings. The molecule has 8 atom stereocenters. The highest BCUT2D eigenvalue weighted by molar-refractivity contribution is 5.79. The van der Waals surface area contributed by atoms with Crippen LogP contribution in [0.5, 0.6) is 0 Å². The topological polar surface area (TPSA) is 144 Å². The van der Waals surface area contributed by atoms with Crippen LogP contribution in [0.15, 0.2) is 0 Å². The van der Waals surface area contributed by atoms with Crippen LogP contribution in [0.25, 0.3) is 0 Å². The lowest BCUT2D eigenvalue weighted by Gasteiger charge is -2.57. The average molecular weight is 394 g/mol. The zero-order valence-electron chi connectivity index (χ0n) is 16.2. The maximum Gasteiger partial charge on any atom is 0.337 e. The second-order valence-electron chi connectivity index (χ2n) is 7.37. The smallest absolute Gasteiger partial charge is 0.337 e. The molecule has 1 aliphatic carbocycles. The molecule has 4 N–H and O–H groups in total. The van der Waals surface area contributed by atoms with Gasteiger partial charge in [0.1, 0.15) is 6.10 Å². The summed E-state index contributed by atoms with van der Waals surface area (Å²) in [4.78, 5) is 12.2. The average Bonchev–Trinajstić information content (AvgIpc) is 2.66. The van der Waals surface area contributed by atoms with Crippen molar-refractivity contribution in [2.75, 3.05) is 27.9 Å². The summed E-state index contributed by atoms with van der Waals surface area (Å²) in [5, 5.41) is 40.5. The van der Waals surface area contributed by atoms with Crippen LogP contribution in [0.3, 0.4) is 0 Å². The number of carbonyl (C=O) groups is 1. The largest absolute Gasteiger partial charge is 0.467 e. The number of aliphatic hydroxyl groups excluding tert-OH is 3. The number of carbonyl (C=O) groups excluding carboxylic acids is 1. The van der Waals surface area contributed by atoms with Crippen molar-refractivity contribution >= 4 is 5.97 Å². The quantitative estimate of drug-likeness (QED) is 0.394. The molecule has 0 spiro atoms. The third kappa shape index (κ3) is 3.73. The third-order valence-electron chi connectivity index (χ3n) is 5.83. The van der Waals surface area contributed by atoms with Crippen molar-refractivity contribution in [3.63, 3.8) is 0 Å². The predicted molar refractivity (Wildman–Crippen MR) is 89.4 cm³/mol. The van der Waals surface area contributed by atoms with Crippen LogP contribution in [-0.4, -0.2) is 95.9 Å². The number of esters is 1. The lowest BCUT2D eigenvalue weighted by Crippen LogP contribution is -2.71. The molecule has 0 aromatic heterocycles. The summed E-state index contributed by atoms with van der Waals surface area (Å²) < 4.78 is 27.7. The molecule has 158 valence electrons. The Morgan fingerprint density at radius 3 is 2.15 bits per heavy atom. The minimum absolute atomic E-state index is 0.165. The van der Waals surface area contributed by atoms with E-state index in [-0.39, 0.29) is 12.8 Å². The molecule has 2 aliphatic rings. The first-order valence-corrected chi connectivity index (χ1v) is 8.74. The standard InChI is InChI=1S/C17H30O10/c1-15(24-4)16(2,25-5)27-13-9(12(20)10(19)8-18)6-17(22,14(21)23-3)7-11(13)26-15/h9-13,18-20,22H,6-8H2,1-5H3/t9-,10?,11+,12?,13+,15-,16-,17-/m0/s1. The molecule has 10 heteroatoms. The van der Waals surface area contributed by atoms with Gasteiger partial charge in [-0.3, -0.25) is 0 Å². The number of ether oxygens (including phenoxy) is 5. The summed E-state index contributed by atoms with van der Waals surface area (Å²) in [6.45, 7) is 2.48. The van der Waals surface area contributed by atoms with Crippen molar-refractivity contribution in [2.45, 2.75) is 68.3 Å². The van der Waals surface area contributed by atoms with E-state index in [0.717, 1.165) is 7.11 Å². The molecule has 27 heavy (non-hydrogen) atoms. The van der Waals surface area contributed by atoms with Crippen molar-refractivity contribution in [1.29, 1.82) is 0 Å². The van der Waals surface area contributed by atoms with Crippen molar-refractivity contribution < 1.29 is 48.9 Å². The first-order chi connectivity index (χ1) is 12.5. The van der Waals surface area contributed by atoms with E-state index < -0.39 is 60.1 Å². The summed E-state index contributed by atoms with van der Waals surface area (Å²) >= 11 is 0. The maximum atomic E-state index is 12.2. The Morgan fingerprint density at radius 2 is 1.67 bits per heavy atom. The molecule has 2 unspecified atom stereocenters. The molecule has 0 aromatic rings. The van der Waals surface area contributed by atoms with Crippen LogP contribution in [0.2, 0.25) is 0 Å². The number of fused-ring (bicyclic) bond motifs is 1. The molecule has 1 saturated carbocycles. The zero-order chi connectivity index (χ0) is 20.6. The Morgan fingerprint density at radius 1 is 1.11 bits per heavy atom.